The molecule has 110 valence electrons. The van der Waals surface area contributed by atoms with Gasteiger partial charge in [0.2, 0.25) is 5.91 Å². The molecule has 0 aliphatic carbocycles. The van der Waals surface area contributed by atoms with Gasteiger partial charge in [-0.05, 0) is 44.9 Å². The Morgan fingerprint density at radius 2 is 1.85 bits per heavy atom. The molecule has 0 saturated heterocycles. The summed E-state index contributed by atoms with van der Waals surface area (Å²) < 4.78 is 1.01. The van der Waals surface area contributed by atoms with E-state index in [-0.39, 0.29) is 18.4 Å². The molecule has 0 aliphatic rings. The van der Waals surface area contributed by atoms with Gasteiger partial charge in [-0.3, -0.25) is 9.59 Å². The summed E-state index contributed by atoms with van der Waals surface area (Å²) in [5, 5.41) is 11.8. The third-order valence-corrected chi connectivity index (χ3v) is 3.57. The molecule has 1 atom stereocenters. The SMILES string of the molecule is CC(Cc1ccc(Br)cc1)NC(=O)CC(C)(C)C(=O)O. The fraction of sp³-hybridized carbons (Fsp3) is 0.467. The zero-order valence-electron chi connectivity index (χ0n) is 11.9. The van der Waals surface area contributed by atoms with Crippen molar-refractivity contribution in [2.75, 3.05) is 0 Å². The predicted octanol–water partition coefficient (Wildman–Crippen LogP) is 3.00. The Morgan fingerprint density at radius 3 is 2.35 bits per heavy atom. The number of nitrogens with one attached hydrogen (secondary N) is 1. The van der Waals surface area contributed by atoms with Gasteiger partial charge in [-0.25, -0.2) is 0 Å². The first-order valence-electron chi connectivity index (χ1n) is 6.48. The molecular weight excluding hydrogens is 322 g/mol. The van der Waals surface area contributed by atoms with E-state index < -0.39 is 11.4 Å². The number of hydrogen-bond acceptors (Lipinski definition) is 2. The molecule has 1 amide bonds. The first-order valence-corrected chi connectivity index (χ1v) is 7.27. The Balaban J connectivity index is 2.50. The maximum absolute atomic E-state index is 11.8. The van der Waals surface area contributed by atoms with Gasteiger partial charge in [-0.2, -0.15) is 0 Å². The summed E-state index contributed by atoms with van der Waals surface area (Å²) >= 11 is 3.37. The standard InChI is InChI=1S/C15H20BrNO3/c1-10(8-11-4-6-12(16)7-5-11)17-13(18)9-15(2,3)14(19)20/h4-7,10H,8-9H2,1-3H3,(H,17,18)(H,19,20). The molecular formula is C15H20BrNO3. The van der Waals surface area contributed by atoms with Crippen LogP contribution in [0.15, 0.2) is 28.7 Å². The molecule has 0 spiro atoms. The highest BCUT2D eigenvalue weighted by Gasteiger charge is 2.30. The summed E-state index contributed by atoms with van der Waals surface area (Å²) in [7, 11) is 0. The van der Waals surface area contributed by atoms with Crippen LogP contribution in [0.4, 0.5) is 0 Å². The van der Waals surface area contributed by atoms with Crippen molar-refractivity contribution < 1.29 is 14.7 Å². The molecule has 1 aromatic rings. The first-order chi connectivity index (χ1) is 9.20. The fourth-order valence-corrected chi connectivity index (χ4v) is 2.09. The van der Waals surface area contributed by atoms with E-state index in [1.807, 2.05) is 31.2 Å². The van der Waals surface area contributed by atoms with E-state index in [9.17, 15) is 9.59 Å². The van der Waals surface area contributed by atoms with Crippen LogP contribution in [0.25, 0.3) is 0 Å². The molecule has 4 nitrogen and oxygen atoms in total. The third kappa shape index (κ3) is 5.33. The van der Waals surface area contributed by atoms with Gasteiger partial charge < -0.3 is 10.4 Å². The molecule has 5 heteroatoms. The molecule has 0 heterocycles. The van der Waals surface area contributed by atoms with E-state index in [0.717, 1.165) is 10.0 Å². The number of carbonyl (C=O) groups excluding carboxylic acids is 1. The van der Waals surface area contributed by atoms with Crippen LogP contribution in [0, 0.1) is 5.41 Å². The van der Waals surface area contributed by atoms with Crippen LogP contribution in [0.1, 0.15) is 32.8 Å². The van der Waals surface area contributed by atoms with Crippen LogP contribution in [-0.2, 0) is 16.0 Å². The van der Waals surface area contributed by atoms with Gasteiger partial charge in [0.1, 0.15) is 0 Å². The van der Waals surface area contributed by atoms with Crippen molar-refractivity contribution in [3.8, 4) is 0 Å². The normalized spacial score (nSPS) is 12.8. The smallest absolute Gasteiger partial charge is 0.309 e. The minimum absolute atomic E-state index is 0.0208. The molecule has 0 bridgehead atoms. The van der Waals surface area contributed by atoms with E-state index in [2.05, 4.69) is 21.2 Å². The molecule has 20 heavy (non-hydrogen) atoms. The van der Waals surface area contributed by atoms with Gasteiger partial charge >= 0.3 is 5.97 Å². The predicted molar refractivity (Wildman–Crippen MR) is 81.5 cm³/mol. The summed E-state index contributed by atoms with van der Waals surface area (Å²) in [5.41, 5.74) is 0.0833. The maximum atomic E-state index is 11.8. The number of carboxylic acid groups (broad SMARTS) is 1. The number of hydrogen-bond donors (Lipinski definition) is 2. The number of carbonyl (C=O) groups is 2. The van der Waals surface area contributed by atoms with Crippen LogP contribution < -0.4 is 5.32 Å². The molecule has 0 fully saturated rings. The third-order valence-electron chi connectivity index (χ3n) is 3.04. The fourth-order valence-electron chi connectivity index (χ4n) is 1.83. The molecule has 1 unspecified atom stereocenters. The van der Waals surface area contributed by atoms with Crippen molar-refractivity contribution in [3.05, 3.63) is 34.3 Å². The number of halogens is 1. The summed E-state index contributed by atoms with van der Waals surface area (Å²) in [6, 6.07) is 7.87. The monoisotopic (exact) mass is 341 g/mol. The summed E-state index contributed by atoms with van der Waals surface area (Å²) in [4.78, 5) is 22.8. The van der Waals surface area contributed by atoms with Crippen LogP contribution in [0.5, 0.6) is 0 Å². The van der Waals surface area contributed by atoms with Gasteiger partial charge in [0.15, 0.2) is 0 Å². The van der Waals surface area contributed by atoms with Crippen molar-refractivity contribution in [2.24, 2.45) is 5.41 Å². The van der Waals surface area contributed by atoms with Crippen LogP contribution in [-0.4, -0.2) is 23.0 Å². The Bertz CT molecular complexity index is 482. The second kappa shape index (κ2) is 6.88. The van der Waals surface area contributed by atoms with Crippen LogP contribution in [0.2, 0.25) is 0 Å². The van der Waals surface area contributed by atoms with Gasteiger partial charge in [-0.1, -0.05) is 28.1 Å². The lowest BCUT2D eigenvalue weighted by atomic mass is 9.89. The average molecular weight is 342 g/mol. The molecule has 0 radical (unpaired) electrons. The lowest BCUT2D eigenvalue weighted by molar-refractivity contribution is -0.149. The molecule has 1 rings (SSSR count). The highest BCUT2D eigenvalue weighted by Crippen LogP contribution is 2.20. The lowest BCUT2D eigenvalue weighted by Gasteiger charge is -2.20. The van der Waals surface area contributed by atoms with Gasteiger partial charge in [-0.15, -0.1) is 0 Å². The zero-order chi connectivity index (χ0) is 15.3. The van der Waals surface area contributed by atoms with Crippen LogP contribution >= 0.6 is 15.9 Å². The van der Waals surface area contributed by atoms with Crippen molar-refractivity contribution in [3.63, 3.8) is 0 Å². The number of benzene rings is 1. The molecule has 0 aromatic heterocycles. The molecule has 1 aromatic carbocycles. The number of amides is 1. The Labute approximate surface area is 127 Å². The molecule has 2 N–H and O–H groups in total. The van der Waals surface area contributed by atoms with E-state index in [0.29, 0.717) is 6.42 Å². The Morgan fingerprint density at radius 1 is 1.30 bits per heavy atom. The summed E-state index contributed by atoms with van der Waals surface area (Å²) in [6.45, 7) is 5.01. The minimum Gasteiger partial charge on any atom is -0.481 e. The van der Waals surface area contributed by atoms with Crippen molar-refractivity contribution in [1.82, 2.24) is 5.32 Å². The lowest BCUT2D eigenvalue weighted by Crippen LogP contribution is -2.38. The molecule has 0 aliphatic heterocycles. The largest absolute Gasteiger partial charge is 0.481 e. The molecule has 0 saturated carbocycles. The van der Waals surface area contributed by atoms with E-state index in [1.165, 1.54) is 0 Å². The van der Waals surface area contributed by atoms with Crippen molar-refractivity contribution >= 4 is 27.8 Å². The highest BCUT2D eigenvalue weighted by atomic mass is 79.9. The second-order valence-electron chi connectivity index (χ2n) is 5.66. The number of carboxylic acids is 1. The van der Waals surface area contributed by atoms with Gasteiger partial charge in [0.25, 0.3) is 0 Å². The van der Waals surface area contributed by atoms with Crippen molar-refractivity contribution in [1.29, 1.82) is 0 Å². The number of rotatable bonds is 6. The van der Waals surface area contributed by atoms with Crippen molar-refractivity contribution in [2.45, 2.75) is 39.7 Å². The number of aliphatic carboxylic acids is 1. The first kappa shape index (κ1) is 16.7. The van der Waals surface area contributed by atoms with E-state index >= 15 is 0 Å². The van der Waals surface area contributed by atoms with Crippen LogP contribution in [0.3, 0.4) is 0 Å². The van der Waals surface area contributed by atoms with Gasteiger partial charge in [0.05, 0.1) is 5.41 Å². The van der Waals surface area contributed by atoms with E-state index in [1.54, 1.807) is 13.8 Å². The van der Waals surface area contributed by atoms with E-state index in [4.69, 9.17) is 5.11 Å². The summed E-state index contributed by atoms with van der Waals surface area (Å²) in [6.07, 6.45) is 0.694. The minimum atomic E-state index is -1.04. The Kier molecular flexibility index (Phi) is 5.74. The second-order valence-corrected chi connectivity index (χ2v) is 6.58. The summed E-state index contributed by atoms with van der Waals surface area (Å²) in [5.74, 6) is -1.20. The quantitative estimate of drug-likeness (QED) is 0.835. The zero-order valence-corrected chi connectivity index (χ0v) is 13.5. The Hall–Kier alpha value is -1.36. The van der Waals surface area contributed by atoms with Gasteiger partial charge in [0, 0.05) is 16.9 Å². The highest BCUT2D eigenvalue weighted by molar-refractivity contribution is 9.10. The average Bonchev–Trinajstić information content (AvgIpc) is 2.30. The maximum Gasteiger partial charge on any atom is 0.309 e. The topological polar surface area (TPSA) is 66.4 Å².